The monoisotopic (exact) mass is 242 g/mol. The van der Waals surface area contributed by atoms with Crippen LogP contribution in [0.2, 0.25) is 0 Å². The SMILES string of the molecule is CCC(COC)NCC1CN2CCCC2CO1. The van der Waals surface area contributed by atoms with Crippen LogP contribution in [0.1, 0.15) is 26.2 Å². The number of fused-ring (bicyclic) bond motifs is 1. The van der Waals surface area contributed by atoms with Crippen LogP contribution >= 0.6 is 0 Å². The molecule has 2 fully saturated rings. The third-order valence-corrected chi connectivity index (χ3v) is 3.96. The van der Waals surface area contributed by atoms with Crippen molar-refractivity contribution in [2.24, 2.45) is 0 Å². The summed E-state index contributed by atoms with van der Waals surface area (Å²) in [7, 11) is 1.76. The second-order valence-electron chi connectivity index (χ2n) is 5.22. The molecule has 4 heteroatoms. The van der Waals surface area contributed by atoms with E-state index in [-0.39, 0.29) is 0 Å². The summed E-state index contributed by atoms with van der Waals surface area (Å²) >= 11 is 0. The molecule has 2 aliphatic heterocycles. The van der Waals surface area contributed by atoms with Crippen LogP contribution in [0, 0.1) is 0 Å². The lowest BCUT2D eigenvalue weighted by atomic mass is 10.1. The summed E-state index contributed by atoms with van der Waals surface area (Å²) in [5, 5.41) is 3.54. The average molecular weight is 242 g/mol. The maximum Gasteiger partial charge on any atom is 0.0827 e. The minimum atomic E-state index is 0.357. The van der Waals surface area contributed by atoms with Gasteiger partial charge in [0.2, 0.25) is 0 Å². The van der Waals surface area contributed by atoms with E-state index in [0.29, 0.717) is 18.2 Å². The van der Waals surface area contributed by atoms with Crippen molar-refractivity contribution < 1.29 is 9.47 Å². The van der Waals surface area contributed by atoms with E-state index >= 15 is 0 Å². The van der Waals surface area contributed by atoms with Crippen molar-refractivity contribution in [3.8, 4) is 0 Å². The number of hydrogen-bond acceptors (Lipinski definition) is 4. The molecule has 0 aromatic rings. The Morgan fingerprint density at radius 3 is 3.18 bits per heavy atom. The van der Waals surface area contributed by atoms with Gasteiger partial charge in [0.1, 0.15) is 0 Å². The van der Waals surface area contributed by atoms with Crippen LogP contribution in [0.3, 0.4) is 0 Å². The Balaban J connectivity index is 1.69. The molecule has 17 heavy (non-hydrogen) atoms. The number of nitrogens with zero attached hydrogens (tertiary/aromatic N) is 1. The summed E-state index contributed by atoms with van der Waals surface area (Å²) in [6, 6.07) is 1.16. The molecule has 0 saturated carbocycles. The zero-order valence-corrected chi connectivity index (χ0v) is 11.2. The van der Waals surface area contributed by atoms with Crippen LogP contribution in [0.25, 0.3) is 0 Å². The second kappa shape index (κ2) is 6.69. The Morgan fingerprint density at radius 1 is 1.53 bits per heavy atom. The Kier molecular flexibility index (Phi) is 5.22. The van der Waals surface area contributed by atoms with Crippen molar-refractivity contribution in [1.29, 1.82) is 0 Å². The Hall–Kier alpha value is -0.160. The third kappa shape index (κ3) is 3.65. The average Bonchev–Trinajstić information content (AvgIpc) is 2.81. The van der Waals surface area contributed by atoms with Gasteiger partial charge in [-0.1, -0.05) is 6.92 Å². The van der Waals surface area contributed by atoms with Gasteiger partial charge in [0.15, 0.2) is 0 Å². The smallest absolute Gasteiger partial charge is 0.0827 e. The summed E-state index contributed by atoms with van der Waals surface area (Å²) in [5.74, 6) is 0. The van der Waals surface area contributed by atoms with E-state index in [4.69, 9.17) is 9.47 Å². The highest BCUT2D eigenvalue weighted by Gasteiger charge is 2.32. The van der Waals surface area contributed by atoms with Gasteiger partial charge in [0, 0.05) is 32.3 Å². The van der Waals surface area contributed by atoms with Gasteiger partial charge < -0.3 is 14.8 Å². The van der Waals surface area contributed by atoms with Gasteiger partial charge in [-0.25, -0.2) is 0 Å². The minimum Gasteiger partial charge on any atom is -0.383 e. The number of methoxy groups -OCH3 is 1. The molecule has 3 atom stereocenters. The van der Waals surface area contributed by atoms with Crippen LogP contribution in [-0.4, -0.2) is 63.0 Å². The van der Waals surface area contributed by atoms with Gasteiger partial charge in [-0.15, -0.1) is 0 Å². The Morgan fingerprint density at radius 2 is 2.41 bits per heavy atom. The molecule has 1 N–H and O–H groups in total. The lowest BCUT2D eigenvalue weighted by Crippen LogP contribution is -2.50. The van der Waals surface area contributed by atoms with Gasteiger partial charge in [-0.3, -0.25) is 4.90 Å². The summed E-state index contributed by atoms with van der Waals surface area (Å²) in [6.07, 6.45) is 4.12. The largest absolute Gasteiger partial charge is 0.383 e. The molecular formula is C13H26N2O2. The fraction of sp³-hybridized carbons (Fsp3) is 1.00. The number of hydrogen-bond donors (Lipinski definition) is 1. The maximum atomic E-state index is 5.92. The van der Waals surface area contributed by atoms with Gasteiger partial charge >= 0.3 is 0 Å². The van der Waals surface area contributed by atoms with E-state index < -0.39 is 0 Å². The minimum absolute atomic E-state index is 0.357. The third-order valence-electron chi connectivity index (χ3n) is 3.96. The number of nitrogens with one attached hydrogen (secondary N) is 1. The molecule has 0 amide bonds. The van der Waals surface area contributed by atoms with Crippen LogP contribution in [0.4, 0.5) is 0 Å². The first-order chi connectivity index (χ1) is 8.33. The number of morpholine rings is 1. The van der Waals surface area contributed by atoms with Gasteiger partial charge in [-0.2, -0.15) is 0 Å². The lowest BCUT2D eigenvalue weighted by molar-refractivity contribution is -0.0486. The predicted molar refractivity (Wildman–Crippen MR) is 68.3 cm³/mol. The van der Waals surface area contributed by atoms with Crippen molar-refractivity contribution in [1.82, 2.24) is 10.2 Å². The summed E-state index contributed by atoms with van der Waals surface area (Å²) < 4.78 is 11.1. The molecule has 0 aliphatic carbocycles. The fourth-order valence-electron chi connectivity index (χ4n) is 2.83. The molecule has 2 saturated heterocycles. The highest BCUT2D eigenvalue weighted by Crippen LogP contribution is 2.22. The van der Waals surface area contributed by atoms with Crippen LogP contribution in [-0.2, 0) is 9.47 Å². The predicted octanol–water partition coefficient (Wildman–Crippen LogP) is 0.864. The molecule has 2 heterocycles. The molecule has 2 rings (SSSR count). The van der Waals surface area contributed by atoms with Crippen molar-refractivity contribution in [2.75, 3.05) is 40.0 Å². The summed E-state index contributed by atoms with van der Waals surface area (Å²) in [6.45, 7) is 7.21. The normalized spacial score (nSPS) is 31.4. The first kappa shape index (κ1) is 13.3. The zero-order chi connectivity index (χ0) is 12.1. The van der Waals surface area contributed by atoms with Crippen LogP contribution < -0.4 is 5.32 Å². The highest BCUT2D eigenvalue weighted by molar-refractivity contribution is 4.86. The first-order valence-electron chi connectivity index (χ1n) is 6.91. The lowest BCUT2D eigenvalue weighted by Gasteiger charge is -2.35. The fourth-order valence-corrected chi connectivity index (χ4v) is 2.83. The van der Waals surface area contributed by atoms with Crippen molar-refractivity contribution in [3.63, 3.8) is 0 Å². The summed E-state index contributed by atoms with van der Waals surface area (Å²) in [4.78, 5) is 2.59. The van der Waals surface area contributed by atoms with Crippen LogP contribution in [0.5, 0.6) is 0 Å². The number of rotatable bonds is 6. The quantitative estimate of drug-likeness (QED) is 0.749. The van der Waals surface area contributed by atoms with Crippen LogP contribution in [0.15, 0.2) is 0 Å². The first-order valence-corrected chi connectivity index (χ1v) is 6.91. The molecule has 0 spiro atoms. The van der Waals surface area contributed by atoms with Gasteiger partial charge in [0.05, 0.1) is 19.3 Å². The molecule has 0 aromatic carbocycles. The molecule has 0 bridgehead atoms. The molecule has 2 aliphatic rings. The topological polar surface area (TPSA) is 33.7 Å². The van der Waals surface area contributed by atoms with E-state index in [1.807, 2.05) is 0 Å². The Bertz CT molecular complexity index is 225. The van der Waals surface area contributed by atoms with Crippen molar-refractivity contribution in [2.45, 2.75) is 44.4 Å². The second-order valence-corrected chi connectivity index (χ2v) is 5.22. The van der Waals surface area contributed by atoms with Crippen molar-refractivity contribution >= 4 is 0 Å². The highest BCUT2D eigenvalue weighted by atomic mass is 16.5. The van der Waals surface area contributed by atoms with E-state index in [9.17, 15) is 0 Å². The molecule has 0 radical (unpaired) electrons. The molecular weight excluding hydrogens is 216 g/mol. The summed E-state index contributed by atoms with van der Waals surface area (Å²) in [5.41, 5.74) is 0. The number of ether oxygens (including phenoxy) is 2. The van der Waals surface area contributed by atoms with E-state index in [1.54, 1.807) is 7.11 Å². The van der Waals surface area contributed by atoms with E-state index in [2.05, 4.69) is 17.1 Å². The molecule has 3 unspecified atom stereocenters. The Labute approximate surface area is 105 Å². The van der Waals surface area contributed by atoms with Gasteiger partial charge in [0.25, 0.3) is 0 Å². The van der Waals surface area contributed by atoms with Gasteiger partial charge in [-0.05, 0) is 25.8 Å². The molecule has 0 aromatic heterocycles. The molecule has 4 nitrogen and oxygen atoms in total. The zero-order valence-electron chi connectivity index (χ0n) is 11.2. The van der Waals surface area contributed by atoms with E-state index in [0.717, 1.165) is 32.7 Å². The molecule has 100 valence electrons. The van der Waals surface area contributed by atoms with E-state index in [1.165, 1.54) is 19.4 Å². The van der Waals surface area contributed by atoms with Crippen molar-refractivity contribution in [3.05, 3.63) is 0 Å². The maximum absolute atomic E-state index is 5.92. The standard InChI is InChI=1S/C13H26N2O2/c1-3-11(9-16-2)14-7-13-8-15-6-4-5-12(15)10-17-13/h11-14H,3-10H2,1-2H3.